The summed E-state index contributed by atoms with van der Waals surface area (Å²) < 4.78 is 1.17. The average Bonchev–Trinajstić information content (AvgIpc) is 2.26. The van der Waals surface area contributed by atoms with E-state index in [1.54, 1.807) is 0 Å². The number of thioether (sulfide) groups is 1. The van der Waals surface area contributed by atoms with Gasteiger partial charge in [-0.25, -0.2) is 0 Å². The Morgan fingerprint density at radius 3 is 3.12 bits per heavy atom. The van der Waals surface area contributed by atoms with Crippen LogP contribution in [0.3, 0.4) is 0 Å². The minimum atomic E-state index is 0.556. The van der Waals surface area contributed by atoms with Crippen LogP contribution in [0.25, 0.3) is 0 Å². The molecule has 1 unspecified atom stereocenters. The summed E-state index contributed by atoms with van der Waals surface area (Å²) in [4.78, 5) is 1.36. The van der Waals surface area contributed by atoms with Gasteiger partial charge in [0, 0.05) is 21.2 Å². The minimum Gasteiger partial charge on any atom is -0.380 e. The first kappa shape index (κ1) is 12.3. The van der Waals surface area contributed by atoms with Gasteiger partial charge in [-0.3, -0.25) is 0 Å². The van der Waals surface area contributed by atoms with Crippen LogP contribution in [-0.2, 0) is 0 Å². The van der Waals surface area contributed by atoms with Crippen LogP contribution in [0.1, 0.15) is 18.4 Å². The van der Waals surface area contributed by atoms with Crippen LogP contribution in [-0.4, -0.2) is 18.3 Å². The molecule has 1 aliphatic rings. The summed E-state index contributed by atoms with van der Waals surface area (Å²) in [6.45, 7) is 2.91. The van der Waals surface area contributed by atoms with Gasteiger partial charge in [-0.15, -0.1) is 11.8 Å². The predicted octanol–water partition coefficient (Wildman–Crippen LogP) is 3.38. The van der Waals surface area contributed by atoms with E-state index in [4.69, 9.17) is 5.73 Å². The Kier molecular flexibility index (Phi) is 4.16. The summed E-state index contributed by atoms with van der Waals surface area (Å²) in [5.41, 5.74) is 8.11. The van der Waals surface area contributed by atoms with Crippen LogP contribution in [0, 0.1) is 6.92 Å². The quantitative estimate of drug-likeness (QED) is 0.899. The van der Waals surface area contributed by atoms with E-state index in [1.807, 2.05) is 11.8 Å². The first-order valence-electron chi connectivity index (χ1n) is 5.60. The molecule has 0 saturated carbocycles. The van der Waals surface area contributed by atoms with Crippen molar-refractivity contribution in [2.75, 3.05) is 17.6 Å². The summed E-state index contributed by atoms with van der Waals surface area (Å²) in [5.74, 6) is 1.14. The molecule has 0 aromatic heterocycles. The Bertz CT molecular complexity index is 382. The van der Waals surface area contributed by atoms with E-state index in [-0.39, 0.29) is 0 Å². The molecule has 2 rings (SSSR count). The van der Waals surface area contributed by atoms with Crippen LogP contribution in [0.2, 0.25) is 0 Å². The third-order valence-electron chi connectivity index (χ3n) is 2.74. The molecular formula is C12H17BrN2S. The zero-order valence-corrected chi connectivity index (χ0v) is 11.8. The first-order valence-corrected chi connectivity index (χ1v) is 7.38. The fraction of sp³-hybridized carbons (Fsp3) is 0.500. The van der Waals surface area contributed by atoms with Crippen molar-refractivity contribution in [2.45, 2.75) is 30.7 Å². The standard InChI is InChI=1S/C12H17BrN2S/c1-8-5-10(13)12-11(6-8)16-7-9(15-12)3-2-4-14/h5-6,9,15H,2-4,7,14H2,1H3. The van der Waals surface area contributed by atoms with Gasteiger partial charge in [-0.1, -0.05) is 0 Å². The summed E-state index contributed by atoms with van der Waals surface area (Å²) >= 11 is 5.57. The largest absolute Gasteiger partial charge is 0.380 e. The molecule has 1 heterocycles. The molecular weight excluding hydrogens is 284 g/mol. The number of aryl methyl sites for hydroxylation is 1. The molecule has 0 radical (unpaired) electrons. The number of fused-ring (bicyclic) bond motifs is 1. The molecule has 16 heavy (non-hydrogen) atoms. The number of halogens is 1. The summed E-state index contributed by atoms with van der Waals surface area (Å²) in [7, 11) is 0. The van der Waals surface area contributed by atoms with Gasteiger partial charge in [0.25, 0.3) is 0 Å². The lowest BCUT2D eigenvalue weighted by Gasteiger charge is -2.27. The van der Waals surface area contributed by atoms with Crippen molar-refractivity contribution in [3.63, 3.8) is 0 Å². The Labute approximate surface area is 109 Å². The summed E-state index contributed by atoms with van der Waals surface area (Å²) in [6, 6.07) is 4.97. The Morgan fingerprint density at radius 2 is 2.38 bits per heavy atom. The van der Waals surface area contributed by atoms with Crippen LogP contribution in [0.5, 0.6) is 0 Å². The maximum atomic E-state index is 5.55. The fourth-order valence-electron chi connectivity index (χ4n) is 1.92. The van der Waals surface area contributed by atoms with Gasteiger partial charge in [-0.05, 0) is 59.9 Å². The van der Waals surface area contributed by atoms with Gasteiger partial charge in [0.2, 0.25) is 0 Å². The Morgan fingerprint density at radius 1 is 1.56 bits per heavy atom. The number of nitrogens with one attached hydrogen (secondary N) is 1. The van der Waals surface area contributed by atoms with E-state index in [0.29, 0.717) is 6.04 Å². The molecule has 1 atom stereocenters. The normalized spacial score (nSPS) is 19.1. The number of benzene rings is 1. The van der Waals surface area contributed by atoms with E-state index in [0.717, 1.165) is 25.1 Å². The van der Waals surface area contributed by atoms with Gasteiger partial charge >= 0.3 is 0 Å². The summed E-state index contributed by atoms with van der Waals surface area (Å²) in [6.07, 6.45) is 2.25. The van der Waals surface area contributed by atoms with Crippen molar-refractivity contribution in [1.82, 2.24) is 0 Å². The van der Waals surface area contributed by atoms with E-state index in [1.165, 1.54) is 20.6 Å². The van der Waals surface area contributed by atoms with Crippen molar-refractivity contribution >= 4 is 33.4 Å². The van der Waals surface area contributed by atoms with E-state index in [2.05, 4.69) is 40.3 Å². The highest BCUT2D eigenvalue weighted by molar-refractivity contribution is 9.10. The van der Waals surface area contributed by atoms with Crippen molar-refractivity contribution in [2.24, 2.45) is 5.73 Å². The van der Waals surface area contributed by atoms with Gasteiger partial charge in [0.15, 0.2) is 0 Å². The molecule has 3 N–H and O–H groups in total. The zero-order valence-electron chi connectivity index (χ0n) is 9.42. The molecule has 0 fully saturated rings. The molecule has 0 aliphatic carbocycles. The number of nitrogens with two attached hydrogens (primary N) is 1. The number of hydrogen-bond donors (Lipinski definition) is 2. The van der Waals surface area contributed by atoms with Crippen LogP contribution in [0.4, 0.5) is 5.69 Å². The lowest BCUT2D eigenvalue weighted by Crippen LogP contribution is -2.27. The van der Waals surface area contributed by atoms with Gasteiger partial charge in [-0.2, -0.15) is 0 Å². The molecule has 0 spiro atoms. The number of hydrogen-bond acceptors (Lipinski definition) is 3. The van der Waals surface area contributed by atoms with Gasteiger partial charge in [0.05, 0.1) is 5.69 Å². The third-order valence-corrected chi connectivity index (χ3v) is 4.57. The van der Waals surface area contributed by atoms with E-state index >= 15 is 0 Å². The predicted molar refractivity (Wildman–Crippen MR) is 75.3 cm³/mol. The third kappa shape index (κ3) is 2.73. The minimum absolute atomic E-state index is 0.556. The highest BCUT2D eigenvalue weighted by atomic mass is 79.9. The molecule has 1 aromatic carbocycles. The second kappa shape index (κ2) is 5.43. The SMILES string of the molecule is Cc1cc(Br)c2c(c1)SCC(CCCN)N2. The molecule has 1 aliphatic heterocycles. The number of anilines is 1. The molecule has 4 heteroatoms. The van der Waals surface area contributed by atoms with Gasteiger partial charge < -0.3 is 11.1 Å². The van der Waals surface area contributed by atoms with Crippen molar-refractivity contribution in [1.29, 1.82) is 0 Å². The molecule has 0 amide bonds. The molecule has 2 nitrogen and oxygen atoms in total. The fourth-order valence-corrected chi connectivity index (χ4v) is 3.95. The second-order valence-corrected chi connectivity index (χ2v) is 6.12. The number of rotatable bonds is 3. The van der Waals surface area contributed by atoms with Crippen LogP contribution >= 0.6 is 27.7 Å². The van der Waals surface area contributed by atoms with Crippen molar-refractivity contribution in [3.8, 4) is 0 Å². The zero-order chi connectivity index (χ0) is 11.5. The highest BCUT2D eigenvalue weighted by Crippen LogP contribution is 2.39. The lowest BCUT2D eigenvalue weighted by atomic mass is 10.1. The first-order chi connectivity index (χ1) is 7.70. The van der Waals surface area contributed by atoms with Gasteiger partial charge in [0.1, 0.15) is 0 Å². The van der Waals surface area contributed by atoms with E-state index in [9.17, 15) is 0 Å². The van der Waals surface area contributed by atoms with Crippen molar-refractivity contribution < 1.29 is 0 Å². The molecule has 0 bridgehead atoms. The smallest absolute Gasteiger partial charge is 0.0625 e. The van der Waals surface area contributed by atoms with Crippen LogP contribution < -0.4 is 11.1 Å². The highest BCUT2D eigenvalue weighted by Gasteiger charge is 2.19. The maximum Gasteiger partial charge on any atom is 0.0625 e. The Hall–Kier alpha value is -0.190. The molecule has 0 saturated heterocycles. The Balaban J connectivity index is 2.14. The maximum absolute atomic E-state index is 5.55. The van der Waals surface area contributed by atoms with E-state index < -0.39 is 0 Å². The monoisotopic (exact) mass is 300 g/mol. The van der Waals surface area contributed by atoms with Crippen molar-refractivity contribution in [3.05, 3.63) is 22.2 Å². The molecule has 88 valence electrons. The molecule has 1 aromatic rings. The second-order valence-electron chi connectivity index (χ2n) is 4.20. The topological polar surface area (TPSA) is 38.0 Å². The lowest BCUT2D eigenvalue weighted by molar-refractivity contribution is 0.664. The van der Waals surface area contributed by atoms with Crippen LogP contribution in [0.15, 0.2) is 21.5 Å². The summed E-state index contributed by atoms with van der Waals surface area (Å²) in [5, 5.41) is 3.60. The average molecular weight is 301 g/mol.